The van der Waals surface area contributed by atoms with Crippen molar-refractivity contribution in [2.24, 2.45) is 5.73 Å². The Labute approximate surface area is 160 Å². The third kappa shape index (κ3) is 4.09. The Hall–Kier alpha value is -1.87. The van der Waals surface area contributed by atoms with Crippen LogP contribution < -0.4 is 11.1 Å². The molecule has 1 aliphatic rings. The van der Waals surface area contributed by atoms with E-state index in [1.165, 1.54) is 42.4 Å². The molecule has 1 aliphatic carbocycles. The van der Waals surface area contributed by atoms with E-state index in [2.05, 4.69) is 20.1 Å². The lowest BCUT2D eigenvalue weighted by atomic mass is 9.95. The zero-order valence-electron chi connectivity index (χ0n) is 14.9. The van der Waals surface area contributed by atoms with Crippen molar-refractivity contribution in [3.05, 3.63) is 22.8 Å². The quantitative estimate of drug-likeness (QED) is 0.733. The SMILES string of the molecule is Cc1nnc(S[C@@H](C)C(=O)Nc2sccc2C(N)=O)n1C1CCCCC1. The zero-order chi connectivity index (χ0) is 18.7. The molecule has 26 heavy (non-hydrogen) atoms. The third-order valence-electron chi connectivity index (χ3n) is 4.59. The van der Waals surface area contributed by atoms with E-state index in [4.69, 9.17) is 5.73 Å². The summed E-state index contributed by atoms with van der Waals surface area (Å²) < 4.78 is 2.17. The third-order valence-corrected chi connectivity index (χ3v) is 6.48. The van der Waals surface area contributed by atoms with Crippen LogP contribution in [-0.4, -0.2) is 31.8 Å². The highest BCUT2D eigenvalue weighted by molar-refractivity contribution is 8.00. The van der Waals surface area contributed by atoms with Gasteiger partial charge in [0.25, 0.3) is 5.91 Å². The number of thiophene rings is 1. The van der Waals surface area contributed by atoms with Gasteiger partial charge in [-0.3, -0.25) is 9.59 Å². The smallest absolute Gasteiger partial charge is 0.251 e. The largest absolute Gasteiger partial charge is 0.366 e. The van der Waals surface area contributed by atoms with E-state index < -0.39 is 5.91 Å². The number of primary amides is 1. The number of amides is 2. The number of aryl methyl sites for hydroxylation is 1. The molecule has 1 fully saturated rings. The highest BCUT2D eigenvalue weighted by Gasteiger charge is 2.25. The van der Waals surface area contributed by atoms with E-state index in [0.29, 0.717) is 16.6 Å². The van der Waals surface area contributed by atoms with E-state index in [9.17, 15) is 9.59 Å². The number of nitrogens with two attached hydrogens (primary N) is 1. The summed E-state index contributed by atoms with van der Waals surface area (Å²) in [5.74, 6) is 0.159. The molecule has 0 aromatic carbocycles. The van der Waals surface area contributed by atoms with E-state index in [1.54, 1.807) is 11.4 Å². The molecule has 3 rings (SSSR count). The summed E-state index contributed by atoms with van der Waals surface area (Å²) in [5.41, 5.74) is 5.66. The van der Waals surface area contributed by atoms with Gasteiger partial charge in [0.1, 0.15) is 10.8 Å². The first kappa shape index (κ1) is 18.9. The maximum absolute atomic E-state index is 12.5. The van der Waals surface area contributed by atoms with Crippen molar-refractivity contribution >= 4 is 39.9 Å². The van der Waals surface area contributed by atoms with Crippen LogP contribution in [-0.2, 0) is 4.79 Å². The lowest BCUT2D eigenvalue weighted by molar-refractivity contribution is -0.115. The van der Waals surface area contributed by atoms with Gasteiger partial charge in [0.15, 0.2) is 5.16 Å². The lowest BCUT2D eigenvalue weighted by Gasteiger charge is -2.25. The summed E-state index contributed by atoms with van der Waals surface area (Å²) in [6.07, 6.45) is 5.98. The highest BCUT2D eigenvalue weighted by atomic mass is 32.2. The molecule has 2 aromatic rings. The summed E-state index contributed by atoms with van der Waals surface area (Å²) in [6.45, 7) is 3.79. The molecular formula is C17H23N5O2S2. The lowest BCUT2D eigenvalue weighted by Crippen LogP contribution is -2.24. The number of carbonyl (C=O) groups excluding carboxylic acids is 2. The highest BCUT2D eigenvalue weighted by Crippen LogP contribution is 2.34. The molecule has 2 amide bonds. The van der Waals surface area contributed by atoms with Gasteiger partial charge in [-0.05, 0) is 38.1 Å². The number of nitrogens with one attached hydrogen (secondary N) is 1. The number of thioether (sulfide) groups is 1. The average Bonchev–Trinajstić information content (AvgIpc) is 3.22. The molecule has 0 aliphatic heterocycles. The molecule has 2 heterocycles. The van der Waals surface area contributed by atoms with Gasteiger partial charge in [0.2, 0.25) is 5.91 Å². The molecule has 0 radical (unpaired) electrons. The van der Waals surface area contributed by atoms with Crippen LogP contribution in [0.4, 0.5) is 5.00 Å². The van der Waals surface area contributed by atoms with Gasteiger partial charge < -0.3 is 15.6 Å². The maximum atomic E-state index is 12.5. The fraction of sp³-hybridized carbons (Fsp3) is 0.529. The molecule has 9 heteroatoms. The number of hydrogen-bond donors (Lipinski definition) is 2. The van der Waals surface area contributed by atoms with Crippen LogP contribution in [0.1, 0.15) is 61.3 Å². The second-order valence-electron chi connectivity index (χ2n) is 6.47. The number of carbonyl (C=O) groups is 2. The molecule has 0 spiro atoms. The Morgan fingerprint density at radius 1 is 1.35 bits per heavy atom. The van der Waals surface area contributed by atoms with Gasteiger partial charge in [-0.1, -0.05) is 31.0 Å². The molecule has 1 atom stereocenters. The molecule has 7 nitrogen and oxygen atoms in total. The van der Waals surface area contributed by atoms with Crippen LogP contribution in [0.2, 0.25) is 0 Å². The molecule has 1 saturated carbocycles. The first-order valence-electron chi connectivity index (χ1n) is 8.73. The summed E-state index contributed by atoms with van der Waals surface area (Å²) in [6, 6.07) is 2.03. The zero-order valence-corrected chi connectivity index (χ0v) is 16.5. The van der Waals surface area contributed by atoms with Crippen molar-refractivity contribution in [1.82, 2.24) is 14.8 Å². The summed E-state index contributed by atoms with van der Waals surface area (Å²) in [5, 5.41) is 13.9. The summed E-state index contributed by atoms with van der Waals surface area (Å²) in [7, 11) is 0. The molecule has 140 valence electrons. The van der Waals surface area contributed by atoms with Gasteiger partial charge in [0.05, 0.1) is 10.8 Å². The minimum absolute atomic E-state index is 0.184. The summed E-state index contributed by atoms with van der Waals surface area (Å²) >= 11 is 2.68. The van der Waals surface area contributed by atoms with E-state index in [0.717, 1.165) is 23.8 Å². The van der Waals surface area contributed by atoms with E-state index in [1.807, 2.05) is 13.8 Å². The second-order valence-corrected chi connectivity index (χ2v) is 8.69. The molecule has 0 unspecified atom stereocenters. The van der Waals surface area contributed by atoms with Gasteiger partial charge in [0, 0.05) is 6.04 Å². The Bertz CT molecular complexity index is 795. The van der Waals surface area contributed by atoms with Crippen LogP contribution in [0.15, 0.2) is 16.6 Å². The first-order chi connectivity index (χ1) is 12.5. The van der Waals surface area contributed by atoms with E-state index >= 15 is 0 Å². The van der Waals surface area contributed by atoms with Gasteiger partial charge in [-0.2, -0.15) is 0 Å². The number of aromatic nitrogens is 3. The van der Waals surface area contributed by atoms with Crippen molar-refractivity contribution in [2.45, 2.75) is 62.4 Å². The van der Waals surface area contributed by atoms with Gasteiger partial charge in [-0.15, -0.1) is 21.5 Å². The van der Waals surface area contributed by atoms with Gasteiger partial charge in [-0.25, -0.2) is 0 Å². The Kier molecular flexibility index (Phi) is 5.98. The van der Waals surface area contributed by atoms with Crippen molar-refractivity contribution in [1.29, 1.82) is 0 Å². The van der Waals surface area contributed by atoms with Crippen LogP contribution in [0.5, 0.6) is 0 Å². The topological polar surface area (TPSA) is 103 Å². The van der Waals surface area contributed by atoms with Gasteiger partial charge >= 0.3 is 0 Å². The number of hydrogen-bond acceptors (Lipinski definition) is 6. The number of rotatable bonds is 6. The first-order valence-corrected chi connectivity index (χ1v) is 10.5. The van der Waals surface area contributed by atoms with Crippen molar-refractivity contribution < 1.29 is 9.59 Å². The maximum Gasteiger partial charge on any atom is 0.251 e. The minimum atomic E-state index is -0.547. The van der Waals surface area contributed by atoms with Crippen LogP contribution >= 0.6 is 23.1 Å². The predicted octanol–water partition coefficient (Wildman–Crippen LogP) is 3.37. The molecule has 2 aromatic heterocycles. The van der Waals surface area contributed by atoms with Crippen molar-refractivity contribution in [2.75, 3.05) is 5.32 Å². The standard InChI is InChI=1S/C17H23N5O2S2/c1-10(15(24)19-16-13(14(18)23)8-9-25-16)26-17-21-20-11(2)22(17)12-6-4-3-5-7-12/h8-10,12H,3-7H2,1-2H3,(H2,18,23)(H,19,24)/t10-/m0/s1. The fourth-order valence-corrected chi connectivity index (χ4v) is 4.98. The van der Waals surface area contributed by atoms with Crippen molar-refractivity contribution in [3.63, 3.8) is 0 Å². The van der Waals surface area contributed by atoms with Crippen LogP contribution in [0.25, 0.3) is 0 Å². The van der Waals surface area contributed by atoms with E-state index in [-0.39, 0.29) is 11.2 Å². The van der Waals surface area contributed by atoms with Crippen LogP contribution in [0.3, 0.4) is 0 Å². The predicted molar refractivity (Wildman–Crippen MR) is 104 cm³/mol. The van der Waals surface area contributed by atoms with Crippen molar-refractivity contribution in [3.8, 4) is 0 Å². The molecule has 0 saturated heterocycles. The normalized spacial score (nSPS) is 16.4. The monoisotopic (exact) mass is 393 g/mol. The second kappa shape index (κ2) is 8.22. The fourth-order valence-electron chi connectivity index (χ4n) is 3.22. The minimum Gasteiger partial charge on any atom is -0.366 e. The van der Waals surface area contributed by atoms with Crippen LogP contribution in [0, 0.1) is 6.92 Å². The Morgan fingerprint density at radius 2 is 2.08 bits per heavy atom. The Balaban J connectivity index is 1.69. The molecule has 3 N–H and O–H groups in total. The summed E-state index contributed by atoms with van der Waals surface area (Å²) in [4.78, 5) is 23.9. The number of nitrogens with zero attached hydrogens (tertiary/aromatic N) is 3. The number of anilines is 1. The Morgan fingerprint density at radius 3 is 2.77 bits per heavy atom. The molecular weight excluding hydrogens is 370 g/mol. The average molecular weight is 394 g/mol. The molecule has 0 bridgehead atoms.